The maximum Gasteiger partial charge on any atom is 0.243 e. The van der Waals surface area contributed by atoms with Crippen molar-refractivity contribution in [1.29, 1.82) is 0 Å². The monoisotopic (exact) mass is 409 g/mol. The van der Waals surface area contributed by atoms with E-state index in [4.69, 9.17) is 0 Å². The molecule has 158 valence electrons. The van der Waals surface area contributed by atoms with Crippen LogP contribution in [0.4, 0.5) is 0 Å². The van der Waals surface area contributed by atoms with Crippen LogP contribution in [0.25, 0.3) is 0 Å². The van der Waals surface area contributed by atoms with Gasteiger partial charge in [0.25, 0.3) is 0 Å². The second-order valence-electron chi connectivity index (χ2n) is 7.61. The number of carbonyl (C=O) groups excluding carboxylic acids is 1. The van der Waals surface area contributed by atoms with Crippen LogP contribution in [-0.4, -0.2) is 43.8 Å². The van der Waals surface area contributed by atoms with E-state index in [1.165, 1.54) is 23.6 Å². The molecule has 7 heteroatoms. The summed E-state index contributed by atoms with van der Waals surface area (Å²) in [5.41, 5.74) is 0.954. The maximum atomic E-state index is 12.6. The Morgan fingerprint density at radius 1 is 1.07 bits per heavy atom. The molecule has 0 aromatic heterocycles. The number of hydrogen-bond donors (Lipinski definition) is 2. The van der Waals surface area contributed by atoms with Gasteiger partial charge in [-0.05, 0) is 44.4 Å². The molecule has 2 N–H and O–H groups in total. The molecule has 0 radical (unpaired) electrons. The number of sulfonamides is 1. The number of nitrogens with one attached hydrogen (secondary N) is 2. The lowest BCUT2D eigenvalue weighted by Gasteiger charge is -2.26. The third-order valence-corrected chi connectivity index (χ3v) is 7.63. The lowest BCUT2D eigenvalue weighted by Crippen LogP contribution is -2.47. The van der Waals surface area contributed by atoms with Gasteiger partial charge in [0.05, 0.1) is 10.9 Å². The van der Waals surface area contributed by atoms with E-state index in [1.807, 2.05) is 39.8 Å². The van der Waals surface area contributed by atoms with Crippen LogP contribution in [-0.2, 0) is 14.8 Å². The molecule has 0 aliphatic heterocycles. The number of hydrogen-bond acceptors (Lipinski definition) is 4. The highest BCUT2D eigenvalue weighted by atomic mass is 32.2. The van der Waals surface area contributed by atoms with E-state index in [2.05, 4.69) is 10.6 Å². The van der Waals surface area contributed by atoms with Gasteiger partial charge in [-0.25, -0.2) is 8.42 Å². The Morgan fingerprint density at radius 3 is 2.18 bits per heavy atom. The van der Waals surface area contributed by atoms with E-state index in [-0.39, 0.29) is 18.0 Å². The fourth-order valence-corrected chi connectivity index (χ4v) is 5.22. The van der Waals surface area contributed by atoms with E-state index in [1.54, 1.807) is 12.1 Å². The minimum absolute atomic E-state index is 0.0273. The van der Waals surface area contributed by atoms with Gasteiger partial charge in [-0.2, -0.15) is 4.31 Å². The van der Waals surface area contributed by atoms with Gasteiger partial charge < -0.3 is 5.32 Å². The Bertz CT molecular complexity index is 724. The van der Waals surface area contributed by atoms with Gasteiger partial charge in [-0.15, -0.1) is 0 Å². The quantitative estimate of drug-likeness (QED) is 0.656. The van der Waals surface area contributed by atoms with E-state index in [9.17, 15) is 13.2 Å². The molecule has 28 heavy (non-hydrogen) atoms. The molecular weight excluding hydrogens is 374 g/mol. The third kappa shape index (κ3) is 5.78. The predicted octanol–water partition coefficient (Wildman–Crippen LogP) is 3.21. The first kappa shape index (κ1) is 22.8. The van der Waals surface area contributed by atoms with Crippen molar-refractivity contribution in [2.24, 2.45) is 0 Å². The number of amides is 1. The molecule has 1 aromatic carbocycles. The van der Waals surface area contributed by atoms with Crippen LogP contribution >= 0.6 is 0 Å². The van der Waals surface area contributed by atoms with Crippen LogP contribution in [0, 0.1) is 0 Å². The Hall–Kier alpha value is -1.44. The first-order valence-electron chi connectivity index (χ1n) is 10.5. The number of rotatable bonds is 9. The van der Waals surface area contributed by atoms with Crippen molar-refractivity contribution in [3.05, 3.63) is 29.8 Å². The van der Waals surface area contributed by atoms with E-state index >= 15 is 0 Å². The topological polar surface area (TPSA) is 78.5 Å². The number of benzene rings is 1. The molecule has 6 nitrogen and oxygen atoms in total. The molecule has 1 saturated carbocycles. The molecule has 2 rings (SSSR count). The van der Waals surface area contributed by atoms with Crippen molar-refractivity contribution in [1.82, 2.24) is 14.9 Å². The van der Waals surface area contributed by atoms with E-state index in [0.717, 1.165) is 18.4 Å². The summed E-state index contributed by atoms with van der Waals surface area (Å²) < 4.78 is 26.6. The van der Waals surface area contributed by atoms with E-state index < -0.39 is 10.0 Å². The Kier molecular flexibility index (Phi) is 8.46. The molecular formula is C21H35N3O3S. The van der Waals surface area contributed by atoms with Gasteiger partial charge in [0.15, 0.2) is 0 Å². The summed E-state index contributed by atoms with van der Waals surface area (Å²) in [5, 5.41) is 6.46. The largest absolute Gasteiger partial charge is 0.352 e. The summed E-state index contributed by atoms with van der Waals surface area (Å²) in [4.78, 5) is 12.7. The standard InChI is InChI=1S/C21H35N3O3S/c1-5-24(6-2)28(26,27)20-14-12-18(13-15-20)16(3)22-17(4)21(25)23-19-10-8-7-9-11-19/h12-17,19,22H,5-11H2,1-4H3,(H,23,25)/t16-,17+/m0/s1. The Balaban J connectivity index is 1.96. The van der Waals surface area contributed by atoms with Gasteiger partial charge in [0.1, 0.15) is 0 Å². The lowest BCUT2D eigenvalue weighted by atomic mass is 9.95. The molecule has 0 bridgehead atoms. The van der Waals surface area contributed by atoms with Crippen LogP contribution in [0.3, 0.4) is 0 Å². The van der Waals surface area contributed by atoms with Crippen molar-refractivity contribution >= 4 is 15.9 Å². The molecule has 0 spiro atoms. The summed E-state index contributed by atoms with van der Waals surface area (Å²) in [5.74, 6) is 0.0273. The van der Waals surface area contributed by atoms with Crippen molar-refractivity contribution in [3.8, 4) is 0 Å². The SMILES string of the molecule is CCN(CC)S(=O)(=O)c1ccc([C@H](C)N[C@H](C)C(=O)NC2CCCCC2)cc1. The summed E-state index contributed by atoms with van der Waals surface area (Å²) in [6.07, 6.45) is 5.77. The highest BCUT2D eigenvalue weighted by Crippen LogP contribution is 2.20. The van der Waals surface area contributed by atoms with Crippen LogP contribution in [0.2, 0.25) is 0 Å². The molecule has 0 heterocycles. The fraction of sp³-hybridized carbons (Fsp3) is 0.667. The zero-order valence-corrected chi connectivity index (χ0v) is 18.4. The molecule has 1 fully saturated rings. The van der Waals surface area contributed by atoms with Crippen molar-refractivity contribution in [3.63, 3.8) is 0 Å². The third-order valence-electron chi connectivity index (χ3n) is 5.57. The summed E-state index contributed by atoms with van der Waals surface area (Å²) in [6, 6.07) is 6.86. The summed E-state index contributed by atoms with van der Waals surface area (Å²) >= 11 is 0. The molecule has 0 unspecified atom stereocenters. The van der Waals surface area contributed by atoms with Crippen molar-refractivity contribution in [2.75, 3.05) is 13.1 Å². The van der Waals surface area contributed by atoms with Crippen LogP contribution in [0.1, 0.15) is 71.4 Å². The second kappa shape index (κ2) is 10.4. The molecule has 0 saturated heterocycles. The number of nitrogens with zero attached hydrogens (tertiary/aromatic N) is 1. The highest BCUT2D eigenvalue weighted by molar-refractivity contribution is 7.89. The molecule has 1 aromatic rings. The van der Waals surface area contributed by atoms with Gasteiger partial charge in [-0.1, -0.05) is 45.2 Å². The average Bonchev–Trinajstić information content (AvgIpc) is 2.69. The van der Waals surface area contributed by atoms with Gasteiger partial charge in [-0.3, -0.25) is 10.1 Å². The zero-order chi connectivity index (χ0) is 20.7. The van der Waals surface area contributed by atoms with Crippen LogP contribution < -0.4 is 10.6 Å². The maximum absolute atomic E-state index is 12.6. The van der Waals surface area contributed by atoms with Gasteiger partial charge >= 0.3 is 0 Å². The second-order valence-corrected chi connectivity index (χ2v) is 9.55. The number of carbonyl (C=O) groups is 1. The summed E-state index contributed by atoms with van der Waals surface area (Å²) in [6.45, 7) is 8.42. The van der Waals surface area contributed by atoms with Crippen LogP contribution in [0.5, 0.6) is 0 Å². The highest BCUT2D eigenvalue weighted by Gasteiger charge is 2.23. The fourth-order valence-electron chi connectivity index (χ4n) is 3.76. The molecule has 1 aliphatic rings. The van der Waals surface area contributed by atoms with E-state index in [0.29, 0.717) is 24.0 Å². The van der Waals surface area contributed by atoms with Crippen LogP contribution in [0.15, 0.2) is 29.2 Å². The minimum Gasteiger partial charge on any atom is -0.352 e. The lowest BCUT2D eigenvalue weighted by molar-refractivity contribution is -0.123. The predicted molar refractivity (Wildman–Crippen MR) is 113 cm³/mol. The van der Waals surface area contributed by atoms with Gasteiger partial charge in [0, 0.05) is 25.2 Å². The molecule has 1 aliphatic carbocycles. The summed E-state index contributed by atoms with van der Waals surface area (Å²) in [7, 11) is -3.45. The van der Waals surface area contributed by atoms with Gasteiger partial charge in [0.2, 0.25) is 15.9 Å². The first-order valence-corrected chi connectivity index (χ1v) is 11.9. The normalized spacial score (nSPS) is 18.0. The average molecular weight is 410 g/mol. The first-order chi connectivity index (χ1) is 13.3. The molecule has 1 amide bonds. The Morgan fingerprint density at radius 2 is 1.64 bits per heavy atom. The molecule has 2 atom stereocenters. The minimum atomic E-state index is -3.45. The van der Waals surface area contributed by atoms with Crippen molar-refractivity contribution < 1.29 is 13.2 Å². The zero-order valence-electron chi connectivity index (χ0n) is 17.6. The smallest absolute Gasteiger partial charge is 0.243 e. The Labute approximate surface area is 170 Å². The van der Waals surface area contributed by atoms with Crippen molar-refractivity contribution in [2.45, 2.75) is 82.8 Å².